The van der Waals surface area contributed by atoms with Crippen LogP contribution in [-0.4, -0.2) is 62.6 Å². The highest BCUT2D eigenvalue weighted by molar-refractivity contribution is 5.95. The fraction of sp³-hybridized carbons (Fsp3) is 0.444. The van der Waals surface area contributed by atoms with E-state index in [1.165, 1.54) is 11.3 Å². The third kappa shape index (κ3) is 6.61. The Balaban J connectivity index is 1.25. The molecule has 0 aromatic heterocycles. The molecule has 0 radical (unpaired) electrons. The number of nitrogens with one attached hydrogen (secondary N) is 4. The smallest absolute Gasteiger partial charge is 0.242 e. The van der Waals surface area contributed by atoms with Gasteiger partial charge in [0.25, 0.3) is 0 Å². The monoisotopic (exact) mass is 492 g/mol. The summed E-state index contributed by atoms with van der Waals surface area (Å²) in [6, 6.07) is 14.8. The summed E-state index contributed by atoms with van der Waals surface area (Å²) >= 11 is 0. The van der Waals surface area contributed by atoms with Gasteiger partial charge in [-0.3, -0.25) is 15.0 Å². The summed E-state index contributed by atoms with van der Waals surface area (Å²) in [5, 5.41) is 16.5. The Hall–Kier alpha value is -3.43. The van der Waals surface area contributed by atoms with Gasteiger partial charge in [0, 0.05) is 30.9 Å². The lowest BCUT2D eigenvalue weighted by Gasteiger charge is -2.32. The van der Waals surface area contributed by atoms with Crippen LogP contribution in [0.25, 0.3) is 0 Å². The first-order valence-electron chi connectivity index (χ1n) is 12.6. The number of amides is 2. The van der Waals surface area contributed by atoms with E-state index < -0.39 is 6.04 Å². The van der Waals surface area contributed by atoms with Gasteiger partial charge in [0.05, 0.1) is 19.3 Å². The molecule has 0 spiro atoms. The molecular formula is C27H36N6O3. The molecule has 2 aliphatic rings. The maximum atomic E-state index is 12.9. The van der Waals surface area contributed by atoms with Crippen molar-refractivity contribution in [2.45, 2.75) is 44.3 Å². The number of benzene rings is 2. The summed E-state index contributed by atoms with van der Waals surface area (Å²) in [6.07, 6.45) is 1.67. The standard InChI is InChI=1S/C27H36N6O3/c1-18(26(34)31-17-19-2-4-21(5-3-19)25(28)29)32-27(35)24-16-22(10-11-30-24)20-6-8-23(9-7-20)33-12-14-36-15-13-33/h2-9,18,22,24,30H,10-17H2,1H3,(H3,28,29)(H,31,34)(H,32,35)/t18?,22-,24+/m0/s1. The van der Waals surface area contributed by atoms with Crippen LogP contribution in [0.1, 0.15) is 42.4 Å². The number of hydrogen-bond donors (Lipinski definition) is 5. The van der Waals surface area contributed by atoms with Crippen molar-refractivity contribution in [3.05, 3.63) is 65.2 Å². The van der Waals surface area contributed by atoms with Gasteiger partial charge >= 0.3 is 0 Å². The molecule has 2 amide bonds. The summed E-state index contributed by atoms with van der Waals surface area (Å²) in [4.78, 5) is 27.8. The number of nitrogen functional groups attached to an aromatic ring is 1. The average Bonchev–Trinajstić information content (AvgIpc) is 2.92. The highest BCUT2D eigenvalue weighted by Crippen LogP contribution is 2.29. The highest BCUT2D eigenvalue weighted by Gasteiger charge is 2.29. The number of morpholine rings is 1. The molecule has 0 aliphatic carbocycles. The first kappa shape index (κ1) is 25.7. The fourth-order valence-electron chi connectivity index (χ4n) is 4.72. The maximum Gasteiger partial charge on any atom is 0.242 e. The number of ether oxygens (including phenoxy) is 1. The van der Waals surface area contributed by atoms with E-state index in [1.807, 2.05) is 12.1 Å². The number of anilines is 1. The van der Waals surface area contributed by atoms with Crippen molar-refractivity contribution >= 4 is 23.3 Å². The molecule has 192 valence electrons. The van der Waals surface area contributed by atoms with Crippen LogP contribution in [0.5, 0.6) is 0 Å². The minimum Gasteiger partial charge on any atom is -0.384 e. The van der Waals surface area contributed by atoms with Crippen LogP contribution < -0.4 is 26.6 Å². The van der Waals surface area contributed by atoms with E-state index in [9.17, 15) is 9.59 Å². The van der Waals surface area contributed by atoms with Gasteiger partial charge in [-0.1, -0.05) is 36.4 Å². The van der Waals surface area contributed by atoms with Gasteiger partial charge in [0.1, 0.15) is 11.9 Å². The number of hydrogen-bond acceptors (Lipinski definition) is 6. The average molecular weight is 493 g/mol. The van der Waals surface area contributed by atoms with Gasteiger partial charge in [-0.05, 0) is 55.5 Å². The Labute approximate surface area is 212 Å². The van der Waals surface area contributed by atoms with Crippen LogP contribution in [0.4, 0.5) is 5.69 Å². The summed E-state index contributed by atoms with van der Waals surface area (Å²) in [7, 11) is 0. The summed E-state index contributed by atoms with van der Waals surface area (Å²) in [5.41, 5.74) is 9.45. The molecule has 9 heteroatoms. The molecule has 0 saturated carbocycles. The highest BCUT2D eigenvalue weighted by atomic mass is 16.5. The Bertz CT molecular complexity index is 1050. The van der Waals surface area contributed by atoms with Crippen LogP contribution in [0.3, 0.4) is 0 Å². The zero-order valence-corrected chi connectivity index (χ0v) is 20.8. The molecule has 4 rings (SSSR count). The van der Waals surface area contributed by atoms with Crippen LogP contribution in [-0.2, 0) is 20.9 Å². The molecular weight excluding hydrogens is 456 g/mol. The number of piperidine rings is 1. The number of nitrogens with two attached hydrogens (primary N) is 1. The minimum atomic E-state index is -0.649. The van der Waals surface area contributed by atoms with E-state index in [0.29, 0.717) is 24.4 Å². The van der Waals surface area contributed by atoms with Crippen LogP contribution >= 0.6 is 0 Å². The third-order valence-corrected chi connectivity index (χ3v) is 6.94. The van der Waals surface area contributed by atoms with E-state index in [2.05, 4.69) is 45.1 Å². The van der Waals surface area contributed by atoms with Crippen molar-refractivity contribution in [3.63, 3.8) is 0 Å². The third-order valence-electron chi connectivity index (χ3n) is 6.94. The molecule has 2 fully saturated rings. The Morgan fingerprint density at radius 3 is 2.50 bits per heavy atom. The largest absolute Gasteiger partial charge is 0.384 e. The number of amidine groups is 1. The van der Waals surface area contributed by atoms with E-state index in [0.717, 1.165) is 44.8 Å². The predicted molar refractivity (Wildman–Crippen MR) is 140 cm³/mol. The van der Waals surface area contributed by atoms with Crippen molar-refractivity contribution < 1.29 is 14.3 Å². The Morgan fingerprint density at radius 2 is 1.83 bits per heavy atom. The molecule has 36 heavy (non-hydrogen) atoms. The molecule has 2 aromatic carbocycles. The lowest BCUT2D eigenvalue weighted by atomic mass is 9.86. The lowest BCUT2D eigenvalue weighted by molar-refractivity contribution is -0.130. The second-order valence-electron chi connectivity index (χ2n) is 9.48. The minimum absolute atomic E-state index is 0.00508. The summed E-state index contributed by atoms with van der Waals surface area (Å²) < 4.78 is 5.44. The Kier molecular flexibility index (Phi) is 8.56. The van der Waals surface area contributed by atoms with Gasteiger partial charge in [-0.15, -0.1) is 0 Å². The second kappa shape index (κ2) is 12.0. The molecule has 2 aliphatic heterocycles. The van der Waals surface area contributed by atoms with Crippen molar-refractivity contribution in [2.24, 2.45) is 5.73 Å². The van der Waals surface area contributed by atoms with E-state index in [4.69, 9.17) is 15.9 Å². The van der Waals surface area contributed by atoms with Crippen LogP contribution in [0.15, 0.2) is 48.5 Å². The maximum absolute atomic E-state index is 12.9. The van der Waals surface area contributed by atoms with E-state index in [1.54, 1.807) is 19.1 Å². The quantitative estimate of drug-likeness (QED) is 0.280. The molecule has 1 unspecified atom stereocenters. The number of nitrogens with zero attached hydrogens (tertiary/aromatic N) is 1. The Morgan fingerprint density at radius 1 is 1.14 bits per heavy atom. The van der Waals surface area contributed by atoms with Gasteiger partial charge in [0.2, 0.25) is 11.8 Å². The predicted octanol–water partition coefficient (Wildman–Crippen LogP) is 1.46. The number of carbonyl (C=O) groups excluding carboxylic acids is 2. The normalized spacial score (nSPS) is 20.9. The number of carbonyl (C=O) groups is 2. The van der Waals surface area contributed by atoms with Crippen molar-refractivity contribution in [3.8, 4) is 0 Å². The molecule has 2 aromatic rings. The zero-order chi connectivity index (χ0) is 25.5. The molecule has 2 saturated heterocycles. The van der Waals surface area contributed by atoms with Crippen molar-refractivity contribution in [1.82, 2.24) is 16.0 Å². The molecule has 9 nitrogen and oxygen atoms in total. The SMILES string of the molecule is CC(NC(=O)[C@H]1C[C@@H](c2ccc(N3CCOCC3)cc2)CCN1)C(=O)NCc1ccc(C(=N)N)cc1. The molecule has 6 N–H and O–H groups in total. The summed E-state index contributed by atoms with van der Waals surface area (Å²) in [5.74, 6) is -0.100. The van der Waals surface area contributed by atoms with Gasteiger partial charge in [-0.2, -0.15) is 0 Å². The van der Waals surface area contributed by atoms with Crippen molar-refractivity contribution in [2.75, 3.05) is 37.7 Å². The lowest BCUT2D eigenvalue weighted by Crippen LogP contribution is -2.53. The first-order chi connectivity index (χ1) is 17.4. The van der Waals surface area contributed by atoms with Crippen LogP contribution in [0, 0.1) is 5.41 Å². The summed E-state index contributed by atoms with van der Waals surface area (Å²) in [6.45, 7) is 6.12. The van der Waals surface area contributed by atoms with Gasteiger partial charge < -0.3 is 31.3 Å². The molecule has 2 heterocycles. The van der Waals surface area contributed by atoms with E-state index >= 15 is 0 Å². The zero-order valence-electron chi connectivity index (χ0n) is 20.8. The second-order valence-corrected chi connectivity index (χ2v) is 9.48. The fourth-order valence-corrected chi connectivity index (χ4v) is 4.72. The molecule has 0 bridgehead atoms. The molecule has 3 atom stereocenters. The van der Waals surface area contributed by atoms with Gasteiger partial charge in [-0.25, -0.2) is 0 Å². The van der Waals surface area contributed by atoms with Crippen molar-refractivity contribution in [1.29, 1.82) is 5.41 Å². The van der Waals surface area contributed by atoms with E-state index in [-0.39, 0.29) is 23.7 Å². The number of rotatable bonds is 8. The van der Waals surface area contributed by atoms with Crippen LogP contribution in [0.2, 0.25) is 0 Å². The topological polar surface area (TPSA) is 133 Å². The first-order valence-corrected chi connectivity index (χ1v) is 12.6. The van der Waals surface area contributed by atoms with Gasteiger partial charge in [0.15, 0.2) is 0 Å².